The molecular formula is C82H63N18+13. The second kappa shape index (κ2) is 19.0. The summed E-state index contributed by atoms with van der Waals surface area (Å²) in [5, 5.41) is 11.1. The number of pyridine rings is 10. The third-order valence-electron chi connectivity index (χ3n) is 22.8. The van der Waals surface area contributed by atoms with E-state index in [2.05, 4.69) is 329 Å². The van der Waals surface area contributed by atoms with Crippen LogP contribution in [0.15, 0.2) is 251 Å². The van der Waals surface area contributed by atoms with Gasteiger partial charge in [-0.15, -0.1) is 41.1 Å². The number of fused-ring (bicyclic) bond motifs is 12. The number of imidazole rings is 3. The molecule has 15 aromatic heterocycles. The van der Waals surface area contributed by atoms with Crippen molar-refractivity contribution in [2.75, 3.05) is 0 Å². The van der Waals surface area contributed by atoms with Crippen LogP contribution in [-0.4, -0.2) is 22.9 Å². The first-order valence-electron chi connectivity index (χ1n) is 34.6. The average Bonchev–Trinajstić information content (AvgIpc) is 1.53. The first-order valence-corrected chi connectivity index (χ1v) is 34.6. The van der Waals surface area contributed by atoms with Gasteiger partial charge in [0.1, 0.15) is 43.6 Å². The molecule has 18 nitrogen and oxygen atoms in total. The molecule has 0 bridgehead atoms. The van der Waals surface area contributed by atoms with E-state index < -0.39 is 0 Å². The average molecular weight is 1300 g/mol. The molecule has 100 heavy (non-hydrogen) atoms. The van der Waals surface area contributed by atoms with Crippen LogP contribution < -0.4 is 59.5 Å². The predicted molar refractivity (Wildman–Crippen MR) is 369 cm³/mol. The summed E-state index contributed by atoms with van der Waals surface area (Å²) < 4.78 is 39.7. The van der Waals surface area contributed by atoms with Gasteiger partial charge in [0.15, 0.2) is 103 Å². The highest BCUT2D eigenvalue weighted by atomic mass is 15.4. The van der Waals surface area contributed by atoms with E-state index in [4.69, 9.17) is 0 Å². The lowest BCUT2D eigenvalue weighted by Gasteiger charge is -2.02. The van der Waals surface area contributed by atoms with E-state index in [-0.39, 0.29) is 0 Å². The molecule has 468 valence electrons. The Balaban J connectivity index is 0.0000000767. The molecule has 0 saturated carbocycles. The number of aryl methyl sites for hydroxylation is 2. The zero-order valence-electron chi connectivity index (χ0n) is 54.9. The highest BCUT2D eigenvalue weighted by Gasteiger charge is 2.46. The molecule has 0 fully saturated rings. The smallest absolute Gasteiger partial charge is 0.262 e. The monoisotopic (exact) mass is 1300 g/mol. The lowest BCUT2D eigenvalue weighted by Crippen LogP contribution is -2.45. The summed E-state index contributed by atoms with van der Waals surface area (Å²) in [7, 11) is 4.16. The number of hydrogen-bond acceptors (Lipinski definition) is 1. The summed E-state index contributed by atoms with van der Waals surface area (Å²) in [4.78, 5) is 4.12. The molecule has 0 N–H and O–H groups in total. The Morgan fingerprint density at radius 2 is 0.930 bits per heavy atom. The van der Waals surface area contributed by atoms with Crippen LogP contribution in [0.4, 0.5) is 0 Å². The molecule has 5 aromatic carbocycles. The van der Waals surface area contributed by atoms with Gasteiger partial charge in [-0.2, -0.15) is 13.4 Å². The molecule has 0 amide bonds. The van der Waals surface area contributed by atoms with E-state index in [1.165, 1.54) is 171 Å². The van der Waals surface area contributed by atoms with Crippen LogP contribution in [-0.2, 0) is 66.9 Å². The number of hydrogen-bond donors (Lipinski definition) is 0. The van der Waals surface area contributed by atoms with Crippen LogP contribution in [0.5, 0.6) is 0 Å². The van der Waals surface area contributed by atoms with E-state index in [0.29, 0.717) is 0 Å². The topological polar surface area (TPSA) is 81.5 Å². The fourth-order valence-corrected chi connectivity index (χ4v) is 18.9. The van der Waals surface area contributed by atoms with Gasteiger partial charge in [-0.3, -0.25) is 4.57 Å². The maximum Gasteiger partial charge on any atom is 0.471 e. The summed E-state index contributed by atoms with van der Waals surface area (Å²) in [5.41, 5.74) is 29.6. The molecule has 0 spiro atoms. The van der Waals surface area contributed by atoms with Gasteiger partial charge in [0.2, 0.25) is 28.9 Å². The molecule has 0 unspecified atom stereocenters. The number of nitrogens with zero attached hydrogens (tertiary/aromatic N) is 18. The summed E-state index contributed by atoms with van der Waals surface area (Å²) in [6.45, 7) is 7.53. The Morgan fingerprint density at radius 1 is 0.360 bits per heavy atom. The van der Waals surface area contributed by atoms with Gasteiger partial charge < -0.3 is 0 Å². The largest absolute Gasteiger partial charge is 0.471 e. The quantitative estimate of drug-likeness (QED) is 0.152. The Bertz CT molecular complexity index is 7160. The Labute approximate surface area is 568 Å². The zero-order valence-corrected chi connectivity index (χ0v) is 54.9. The number of para-hydroxylation sites is 3. The molecular weight excluding hydrogens is 1240 g/mol. The summed E-state index contributed by atoms with van der Waals surface area (Å²) >= 11 is 0. The lowest BCUT2D eigenvalue weighted by molar-refractivity contribution is -0.872. The standard InChI is InChI=1S/C21H15N4.C19H13N4.C17H12N3.C16H13N3.C9H10N4/c1-2-5-14(6-3-1)17-12-24-11-15-8-10-23-13-22-9-4-7-16-19(22)20(23)18(15)21(24)25(16)17;1-2-5-14-13(4-1)22-10-12-7-9-21-11-20-8-3-6-15-17(20)18(21)16(12)19(22)23(14)15;1-3-12-13-4-2-7-19-10-20-8-5-11-9-18(6-1)15(12)14(11)17(20)16(13)19;1-17-10-18-9-11-5-4-7-13-12-6-2-3-8-14(12)19(17)16(18)15(11)13;1-11-3-2-4-12-7-13-6-10-5-8(13)9(11)12/h1-10,12H,11,13H2;1-9H,10-11H2;1-8H,9-10H2;2-8,10H,9H2,1H3;2-6H,7H2,1H3/q3*+3;2*+2. The minimum atomic E-state index is 0.874. The number of benzene rings is 5. The number of rotatable bonds is 1. The van der Waals surface area contributed by atoms with Crippen LogP contribution in [0.3, 0.4) is 0 Å². The van der Waals surface area contributed by atoms with E-state index in [1.54, 1.807) is 0 Å². The minimum Gasteiger partial charge on any atom is -0.262 e. The normalized spacial score (nSPS) is 14.0. The molecule has 23 heterocycles. The molecule has 28 rings (SSSR count). The summed E-state index contributed by atoms with van der Waals surface area (Å²) in [6, 6.07) is 61.4. The Hall–Kier alpha value is -13.0. The lowest BCUT2D eigenvalue weighted by atomic mass is 10.0. The molecule has 0 radical (unpaired) electrons. The molecule has 8 aliphatic rings. The van der Waals surface area contributed by atoms with Crippen molar-refractivity contribution in [1.82, 2.24) is 22.9 Å². The summed E-state index contributed by atoms with van der Waals surface area (Å²) in [5.74, 6) is 1.21. The minimum absolute atomic E-state index is 0.874. The third-order valence-corrected chi connectivity index (χ3v) is 22.8. The van der Waals surface area contributed by atoms with Gasteiger partial charge in [-0.1, -0.05) is 83.4 Å². The van der Waals surface area contributed by atoms with Crippen molar-refractivity contribution >= 4 is 126 Å². The van der Waals surface area contributed by atoms with Crippen LogP contribution in [0.2, 0.25) is 0 Å². The maximum atomic E-state index is 4.12. The maximum absolute atomic E-state index is 4.12. The first kappa shape index (κ1) is 53.2. The molecule has 8 aliphatic heterocycles. The molecule has 20 aromatic rings. The van der Waals surface area contributed by atoms with Gasteiger partial charge in [0.25, 0.3) is 11.0 Å². The first-order chi connectivity index (χ1) is 49.4. The van der Waals surface area contributed by atoms with Crippen molar-refractivity contribution in [1.29, 1.82) is 0 Å². The third kappa shape index (κ3) is 6.76. The van der Waals surface area contributed by atoms with Crippen molar-refractivity contribution in [3.05, 3.63) is 273 Å². The molecule has 0 aliphatic carbocycles. The van der Waals surface area contributed by atoms with Crippen LogP contribution >= 0.6 is 0 Å². The van der Waals surface area contributed by atoms with Gasteiger partial charge in [0.05, 0.1) is 28.4 Å². The van der Waals surface area contributed by atoms with Crippen molar-refractivity contribution in [2.24, 2.45) is 14.1 Å². The zero-order chi connectivity index (χ0) is 65.1. The van der Waals surface area contributed by atoms with Gasteiger partial charge >= 0.3 is 71.2 Å². The Kier molecular flexibility index (Phi) is 10.1. The van der Waals surface area contributed by atoms with Gasteiger partial charge in [-0.25, -0.2) is 14.1 Å². The van der Waals surface area contributed by atoms with Gasteiger partial charge in [0, 0.05) is 81.1 Å². The molecule has 0 atom stereocenters. The molecule has 18 heteroatoms. The second-order valence-corrected chi connectivity index (χ2v) is 28.1. The summed E-state index contributed by atoms with van der Waals surface area (Å²) in [6.07, 6.45) is 27.9. The molecule has 0 saturated heterocycles. The Morgan fingerprint density at radius 3 is 1.71 bits per heavy atom. The van der Waals surface area contributed by atoms with Gasteiger partial charge in [-0.05, 0) is 47.1 Å². The van der Waals surface area contributed by atoms with E-state index in [9.17, 15) is 0 Å². The highest BCUT2D eigenvalue weighted by molar-refractivity contribution is 6.20. The van der Waals surface area contributed by atoms with Crippen molar-refractivity contribution in [3.63, 3.8) is 0 Å². The van der Waals surface area contributed by atoms with Crippen LogP contribution in [0.25, 0.3) is 149 Å². The fraction of sp³-hybridized carbons (Fsp3) is 0.122. The van der Waals surface area contributed by atoms with E-state index in [0.717, 1.165) is 52.9 Å². The van der Waals surface area contributed by atoms with Crippen molar-refractivity contribution in [3.8, 4) is 22.8 Å². The predicted octanol–water partition coefficient (Wildman–Crippen LogP) is 5.79. The fourth-order valence-electron chi connectivity index (χ4n) is 18.9. The highest BCUT2D eigenvalue weighted by Crippen LogP contribution is 2.39. The van der Waals surface area contributed by atoms with Crippen molar-refractivity contribution < 1.29 is 59.5 Å². The van der Waals surface area contributed by atoms with E-state index >= 15 is 0 Å². The second-order valence-electron chi connectivity index (χ2n) is 28.1. The van der Waals surface area contributed by atoms with Crippen molar-refractivity contribution in [2.45, 2.75) is 52.9 Å². The SMILES string of the molecule is C[n+]1c[n+]2c3c4c(cccc4c4ccccc4n31)C2.C[n+]1ccc[n+]2c1-c1cncn1C2.c1cc2c3ccc[n+]4c3c3c5c(cc[n+]3C4)C[n+](c1)c25.c1ccc(-c2c[n+]3c4c5c(cc[n+]6c5c5c(ccc[n+]5C6)n24)C3)cc1.c1ccc2c(c1)n1c3ccc[n+]4c3c3c5c(cc[n+]3C4)C[n+]2c51. The van der Waals surface area contributed by atoms with E-state index in [1.807, 2.05) is 18.6 Å². The van der Waals surface area contributed by atoms with Crippen LogP contribution in [0, 0.1) is 0 Å². The van der Waals surface area contributed by atoms with Crippen LogP contribution in [0.1, 0.15) is 22.3 Å². The number of aromatic nitrogens is 18.